The summed E-state index contributed by atoms with van der Waals surface area (Å²) in [5.74, 6) is 0.0311. The first-order valence-electron chi connectivity index (χ1n) is 18.1. The number of halogens is 1. The Morgan fingerprint density at radius 1 is 0.821 bits per heavy atom. The Kier molecular flexibility index (Phi) is 12.2. The zero-order chi connectivity index (χ0) is 40.1. The standard InChI is InChI=1S/C37H45FN10O8/c1-19(53-3)29(46-37(52)55-5)34(49)47-12-6-8-27(47)32-42-17-25(44-32)22-15-40-31(41-16-22)21-10-11-23(24(38)14-21)26-18-43-33(45-26)28-9-7-13-48(28)35(50)30(20(2)54-4)56-36(39)51/h10-11,14-20,27-30H,6-9,12-13H2,1-5H3,(H2,39,51)(H,42,44)(H,43,45)(H,46,52)/t19?,20-,27+,28+,29+,30+/m1/s1. The first-order valence-corrected chi connectivity index (χ1v) is 18.1. The molecule has 2 saturated heterocycles. The fourth-order valence-corrected chi connectivity index (χ4v) is 7.05. The van der Waals surface area contributed by atoms with Crippen LogP contribution >= 0.6 is 0 Å². The molecule has 3 aromatic heterocycles. The van der Waals surface area contributed by atoms with E-state index in [4.69, 9.17) is 24.7 Å². The second-order valence-corrected chi connectivity index (χ2v) is 13.6. The van der Waals surface area contributed by atoms with Crippen LogP contribution in [0.25, 0.3) is 33.9 Å². The first kappa shape index (κ1) is 39.7. The smallest absolute Gasteiger partial charge is 0.407 e. The van der Waals surface area contributed by atoms with Gasteiger partial charge in [0.05, 0.1) is 49.1 Å². The van der Waals surface area contributed by atoms with Crippen LogP contribution in [-0.2, 0) is 28.5 Å². The van der Waals surface area contributed by atoms with Crippen LogP contribution in [0.2, 0.25) is 0 Å². The molecule has 0 radical (unpaired) electrons. The van der Waals surface area contributed by atoms with Crippen LogP contribution in [-0.4, -0.2) is 122 Å². The highest BCUT2D eigenvalue weighted by molar-refractivity contribution is 5.87. The molecule has 19 heteroatoms. The van der Waals surface area contributed by atoms with E-state index in [9.17, 15) is 19.2 Å². The Bertz CT molecular complexity index is 2040. The SMILES string of the molecule is COC(=O)N[C@H](C(=O)N1CCC[C@H]1c1ncc(-c2cnc(-c3ccc(-c4cnc([C@@H]5CCCN5C(=O)[C@@H](OC(N)=O)[C@@H](C)OC)[nH]4)c(F)c3)nc2)[nH]1)C(C)OC. The minimum Gasteiger partial charge on any atom is -0.453 e. The molecule has 18 nitrogen and oxygen atoms in total. The second-order valence-electron chi connectivity index (χ2n) is 13.6. The third-order valence-corrected chi connectivity index (χ3v) is 10.2. The Morgan fingerprint density at radius 2 is 1.41 bits per heavy atom. The Morgan fingerprint density at radius 3 is 1.98 bits per heavy atom. The van der Waals surface area contributed by atoms with Crippen molar-refractivity contribution < 1.29 is 42.5 Å². The van der Waals surface area contributed by atoms with Crippen molar-refractivity contribution in [1.29, 1.82) is 0 Å². The van der Waals surface area contributed by atoms with Crippen LogP contribution in [0.1, 0.15) is 63.3 Å². The quantitative estimate of drug-likeness (QED) is 0.152. The maximum Gasteiger partial charge on any atom is 0.407 e. The Balaban J connectivity index is 1.13. The molecule has 0 bridgehead atoms. The largest absolute Gasteiger partial charge is 0.453 e. The van der Waals surface area contributed by atoms with Crippen LogP contribution in [0, 0.1) is 5.82 Å². The van der Waals surface area contributed by atoms with Crippen LogP contribution < -0.4 is 11.1 Å². The van der Waals surface area contributed by atoms with Crippen LogP contribution in [0.5, 0.6) is 0 Å². The lowest BCUT2D eigenvalue weighted by molar-refractivity contribution is -0.148. The number of alkyl carbamates (subject to hydrolysis) is 1. The summed E-state index contributed by atoms with van der Waals surface area (Å²) in [5, 5.41) is 2.58. The summed E-state index contributed by atoms with van der Waals surface area (Å²) < 4.78 is 36.0. The summed E-state index contributed by atoms with van der Waals surface area (Å²) in [7, 11) is 4.09. The highest BCUT2D eigenvalue weighted by atomic mass is 19.1. The predicted octanol–water partition coefficient (Wildman–Crippen LogP) is 3.65. The van der Waals surface area contributed by atoms with Crippen LogP contribution in [0.3, 0.4) is 0 Å². The summed E-state index contributed by atoms with van der Waals surface area (Å²) in [6.07, 6.45) is 4.67. The third kappa shape index (κ3) is 8.32. The lowest BCUT2D eigenvalue weighted by Gasteiger charge is -2.30. The number of ether oxygens (including phenoxy) is 4. The number of carbonyl (C=O) groups is 4. The molecular formula is C37H45FN10O8. The predicted molar refractivity (Wildman–Crippen MR) is 197 cm³/mol. The van der Waals surface area contributed by atoms with E-state index in [1.807, 2.05) is 0 Å². The highest BCUT2D eigenvalue weighted by Crippen LogP contribution is 2.35. The minimum absolute atomic E-state index is 0.261. The molecule has 0 aliphatic carbocycles. The Hall–Kier alpha value is -5.95. The number of H-pyrrole nitrogens is 2. The van der Waals surface area contributed by atoms with E-state index in [0.717, 1.165) is 6.42 Å². The van der Waals surface area contributed by atoms with Gasteiger partial charge in [0.2, 0.25) is 12.0 Å². The van der Waals surface area contributed by atoms with Gasteiger partial charge in [-0.15, -0.1) is 0 Å². The molecule has 4 amide bonds. The third-order valence-electron chi connectivity index (χ3n) is 10.2. The number of amides is 4. The van der Waals surface area contributed by atoms with Crippen molar-refractivity contribution in [2.24, 2.45) is 5.73 Å². The number of primary amides is 1. The fraction of sp³-hybridized carbons (Fsp3) is 0.459. The van der Waals surface area contributed by atoms with Crippen molar-refractivity contribution in [2.75, 3.05) is 34.4 Å². The number of aromatic amines is 2. The topological polar surface area (TPSA) is 233 Å². The molecule has 2 aliphatic rings. The molecule has 0 saturated carbocycles. The van der Waals surface area contributed by atoms with Gasteiger partial charge in [-0.3, -0.25) is 9.59 Å². The van der Waals surface area contributed by atoms with Crippen molar-refractivity contribution >= 4 is 24.0 Å². The maximum absolute atomic E-state index is 15.6. The number of hydrogen-bond acceptors (Lipinski definition) is 12. The molecule has 6 atom stereocenters. The summed E-state index contributed by atoms with van der Waals surface area (Å²) >= 11 is 0. The van der Waals surface area contributed by atoms with E-state index in [0.29, 0.717) is 72.3 Å². The molecule has 1 aromatic carbocycles. The van der Waals surface area contributed by atoms with Gasteiger partial charge in [-0.2, -0.15) is 0 Å². The lowest BCUT2D eigenvalue weighted by Crippen LogP contribution is -2.54. The molecule has 5 N–H and O–H groups in total. The number of aromatic nitrogens is 6. The van der Waals surface area contributed by atoms with Crippen molar-refractivity contribution in [3.8, 4) is 33.9 Å². The van der Waals surface area contributed by atoms with Gasteiger partial charge in [-0.05, 0) is 51.7 Å². The number of hydrogen-bond donors (Lipinski definition) is 4. The van der Waals surface area contributed by atoms with Gasteiger partial charge < -0.3 is 49.8 Å². The molecule has 6 rings (SSSR count). The maximum atomic E-state index is 15.6. The number of rotatable bonds is 13. The van der Waals surface area contributed by atoms with E-state index >= 15 is 4.39 Å². The molecule has 298 valence electrons. The molecule has 2 aliphatic heterocycles. The van der Waals surface area contributed by atoms with E-state index in [1.54, 1.807) is 54.4 Å². The second kappa shape index (κ2) is 17.2. The number of nitrogens with zero attached hydrogens (tertiary/aromatic N) is 6. The number of nitrogens with two attached hydrogens (primary N) is 1. The first-order chi connectivity index (χ1) is 26.9. The summed E-state index contributed by atoms with van der Waals surface area (Å²) in [6.45, 7) is 4.19. The van der Waals surface area contributed by atoms with Crippen molar-refractivity contribution in [1.82, 2.24) is 45.0 Å². The van der Waals surface area contributed by atoms with Crippen LogP contribution in [0.15, 0.2) is 43.0 Å². The lowest BCUT2D eigenvalue weighted by atomic mass is 10.1. The van der Waals surface area contributed by atoms with Gasteiger partial charge in [-0.25, -0.2) is 33.9 Å². The van der Waals surface area contributed by atoms with E-state index in [2.05, 4.69) is 35.2 Å². The normalized spacial score (nSPS) is 19.0. The zero-order valence-electron chi connectivity index (χ0n) is 31.7. The van der Waals surface area contributed by atoms with Gasteiger partial charge in [0, 0.05) is 56.4 Å². The average Bonchev–Trinajstić information content (AvgIpc) is 4.05. The van der Waals surface area contributed by atoms with E-state index < -0.39 is 54.3 Å². The van der Waals surface area contributed by atoms with Crippen molar-refractivity contribution in [2.45, 2.75) is 76.0 Å². The van der Waals surface area contributed by atoms with Crippen molar-refractivity contribution in [3.05, 3.63) is 60.5 Å². The molecule has 0 spiro atoms. The minimum atomic E-state index is -1.23. The van der Waals surface area contributed by atoms with Crippen molar-refractivity contribution in [3.63, 3.8) is 0 Å². The number of benzene rings is 1. The zero-order valence-corrected chi connectivity index (χ0v) is 31.7. The number of carbonyl (C=O) groups excluding carboxylic acids is 4. The number of nitrogens with one attached hydrogen (secondary N) is 3. The van der Waals surface area contributed by atoms with Gasteiger partial charge in [-0.1, -0.05) is 6.07 Å². The van der Waals surface area contributed by atoms with Gasteiger partial charge in [0.1, 0.15) is 29.6 Å². The summed E-state index contributed by atoms with van der Waals surface area (Å²) in [5.41, 5.74) is 7.59. The fourth-order valence-electron chi connectivity index (χ4n) is 7.05. The van der Waals surface area contributed by atoms with E-state index in [-0.39, 0.29) is 17.5 Å². The number of methoxy groups -OCH3 is 3. The molecule has 4 aromatic rings. The number of likely N-dealkylation sites (tertiary alicyclic amines) is 2. The van der Waals surface area contributed by atoms with Gasteiger partial charge >= 0.3 is 12.2 Å². The molecule has 2 fully saturated rings. The molecule has 5 heterocycles. The van der Waals surface area contributed by atoms with E-state index in [1.165, 1.54) is 33.6 Å². The van der Waals surface area contributed by atoms with Gasteiger partial charge in [0.15, 0.2) is 5.82 Å². The summed E-state index contributed by atoms with van der Waals surface area (Å²) in [4.78, 5) is 78.1. The molecule has 1 unspecified atom stereocenters. The summed E-state index contributed by atoms with van der Waals surface area (Å²) in [6, 6.07) is 2.88. The molecule has 56 heavy (non-hydrogen) atoms. The monoisotopic (exact) mass is 776 g/mol. The molecular weight excluding hydrogens is 731 g/mol. The number of imidazole rings is 2. The van der Waals surface area contributed by atoms with Crippen LogP contribution in [0.4, 0.5) is 14.0 Å². The average molecular weight is 777 g/mol. The van der Waals surface area contributed by atoms with Gasteiger partial charge in [0.25, 0.3) is 5.91 Å². The Labute approximate surface area is 321 Å². The highest BCUT2D eigenvalue weighted by Gasteiger charge is 2.40.